The standard InChI is InChI=1S/C17H10F5N5O/c18-10-5-8(9(6-11(10)19)17(20,21)22)15-23-2-1-12(25-15)13-7-14-16(28)24-3-4-27(14)26-13/h1-2,5-7H,3-4H2,(H,24,28). The summed E-state index contributed by atoms with van der Waals surface area (Å²) in [7, 11) is 0. The minimum absolute atomic E-state index is 0.0698. The van der Waals surface area contributed by atoms with Gasteiger partial charge in [0.2, 0.25) is 0 Å². The number of carbonyl (C=O) groups excluding carboxylic acids is 1. The van der Waals surface area contributed by atoms with Gasteiger partial charge in [0.05, 0.1) is 17.8 Å². The number of fused-ring (bicyclic) bond motifs is 1. The van der Waals surface area contributed by atoms with Gasteiger partial charge in [-0.15, -0.1) is 0 Å². The second-order valence-corrected chi connectivity index (χ2v) is 5.97. The van der Waals surface area contributed by atoms with E-state index in [0.717, 1.165) is 0 Å². The number of alkyl halides is 3. The van der Waals surface area contributed by atoms with Gasteiger partial charge < -0.3 is 5.32 Å². The molecule has 6 nitrogen and oxygen atoms in total. The van der Waals surface area contributed by atoms with Gasteiger partial charge in [-0.2, -0.15) is 18.3 Å². The highest BCUT2D eigenvalue weighted by molar-refractivity contribution is 5.94. The van der Waals surface area contributed by atoms with Gasteiger partial charge in [0.15, 0.2) is 17.5 Å². The van der Waals surface area contributed by atoms with Gasteiger partial charge in [-0.3, -0.25) is 9.48 Å². The van der Waals surface area contributed by atoms with Gasteiger partial charge in [-0.05, 0) is 24.3 Å². The van der Waals surface area contributed by atoms with Crippen molar-refractivity contribution in [2.75, 3.05) is 6.54 Å². The van der Waals surface area contributed by atoms with Crippen molar-refractivity contribution in [3.05, 3.63) is 53.4 Å². The molecule has 1 aromatic carbocycles. The second kappa shape index (κ2) is 6.36. The fourth-order valence-electron chi connectivity index (χ4n) is 2.86. The predicted octanol–water partition coefficient (Wildman–Crippen LogP) is 3.05. The van der Waals surface area contributed by atoms with E-state index in [2.05, 4.69) is 20.4 Å². The zero-order valence-corrected chi connectivity index (χ0v) is 13.9. The Hall–Kier alpha value is -3.37. The quantitative estimate of drug-likeness (QED) is 0.677. The van der Waals surface area contributed by atoms with Crippen LogP contribution in [-0.4, -0.2) is 32.2 Å². The number of hydrogen-bond acceptors (Lipinski definition) is 4. The molecule has 0 fully saturated rings. The minimum Gasteiger partial charge on any atom is -0.349 e. The van der Waals surface area contributed by atoms with E-state index in [9.17, 15) is 26.7 Å². The molecule has 0 saturated carbocycles. The molecular weight excluding hydrogens is 385 g/mol. The molecule has 2 aromatic heterocycles. The number of nitrogens with zero attached hydrogens (tertiary/aromatic N) is 4. The Balaban J connectivity index is 1.83. The van der Waals surface area contributed by atoms with E-state index >= 15 is 0 Å². The molecule has 1 N–H and O–H groups in total. The number of benzene rings is 1. The molecule has 0 atom stereocenters. The number of hydrogen-bond donors (Lipinski definition) is 1. The SMILES string of the molecule is O=C1NCCn2nc(-c3ccnc(-c4cc(F)c(F)cc4C(F)(F)F)n3)cc21. The summed E-state index contributed by atoms with van der Waals surface area (Å²) < 4.78 is 68.2. The molecule has 4 rings (SSSR count). The van der Waals surface area contributed by atoms with E-state index in [-0.39, 0.29) is 29.1 Å². The molecule has 0 saturated heterocycles. The highest BCUT2D eigenvalue weighted by atomic mass is 19.4. The first-order chi connectivity index (χ1) is 13.2. The monoisotopic (exact) mass is 395 g/mol. The zero-order chi connectivity index (χ0) is 20.1. The molecule has 28 heavy (non-hydrogen) atoms. The number of nitrogens with one attached hydrogen (secondary N) is 1. The van der Waals surface area contributed by atoms with Crippen LogP contribution in [0.15, 0.2) is 30.5 Å². The Kier molecular flexibility index (Phi) is 4.09. The summed E-state index contributed by atoms with van der Waals surface area (Å²) in [5, 5.41) is 6.86. The van der Waals surface area contributed by atoms with E-state index in [1.54, 1.807) is 0 Å². The third-order valence-corrected chi connectivity index (χ3v) is 4.15. The van der Waals surface area contributed by atoms with E-state index in [1.165, 1.54) is 23.0 Å². The van der Waals surface area contributed by atoms with Crippen molar-refractivity contribution in [1.82, 2.24) is 25.1 Å². The zero-order valence-electron chi connectivity index (χ0n) is 13.9. The summed E-state index contributed by atoms with van der Waals surface area (Å²) in [4.78, 5) is 19.6. The summed E-state index contributed by atoms with van der Waals surface area (Å²) in [6.45, 7) is 0.826. The summed E-state index contributed by atoms with van der Waals surface area (Å²) in [6, 6.07) is 3.31. The molecule has 0 bridgehead atoms. The first-order valence-electron chi connectivity index (χ1n) is 8.00. The van der Waals surface area contributed by atoms with Crippen molar-refractivity contribution in [3.8, 4) is 22.8 Å². The molecule has 1 aliphatic rings. The Morgan fingerprint density at radius 2 is 1.82 bits per heavy atom. The Morgan fingerprint density at radius 3 is 2.54 bits per heavy atom. The van der Waals surface area contributed by atoms with Crippen LogP contribution in [0.3, 0.4) is 0 Å². The van der Waals surface area contributed by atoms with Crippen LogP contribution in [0.1, 0.15) is 16.1 Å². The third kappa shape index (κ3) is 3.08. The molecule has 0 unspecified atom stereocenters. The number of amides is 1. The second-order valence-electron chi connectivity index (χ2n) is 5.97. The van der Waals surface area contributed by atoms with Gasteiger partial charge >= 0.3 is 6.18 Å². The highest BCUT2D eigenvalue weighted by Gasteiger charge is 2.36. The maximum atomic E-state index is 13.6. The summed E-state index contributed by atoms with van der Waals surface area (Å²) in [5.41, 5.74) is -1.43. The topological polar surface area (TPSA) is 72.7 Å². The van der Waals surface area contributed by atoms with Crippen molar-refractivity contribution in [3.63, 3.8) is 0 Å². The normalized spacial score (nSPS) is 14.0. The van der Waals surface area contributed by atoms with Gasteiger partial charge in [0.25, 0.3) is 5.91 Å². The lowest BCUT2D eigenvalue weighted by atomic mass is 10.1. The fraction of sp³-hybridized carbons (Fsp3) is 0.176. The van der Waals surface area contributed by atoms with Crippen molar-refractivity contribution in [2.24, 2.45) is 0 Å². The van der Waals surface area contributed by atoms with Crippen LogP contribution in [-0.2, 0) is 12.7 Å². The predicted molar refractivity (Wildman–Crippen MR) is 85.9 cm³/mol. The maximum absolute atomic E-state index is 13.6. The van der Waals surface area contributed by atoms with E-state index in [0.29, 0.717) is 19.2 Å². The molecule has 0 radical (unpaired) electrons. The molecule has 0 spiro atoms. The van der Waals surface area contributed by atoms with Crippen LogP contribution >= 0.6 is 0 Å². The molecule has 11 heteroatoms. The maximum Gasteiger partial charge on any atom is 0.417 e. The number of aromatic nitrogens is 4. The lowest BCUT2D eigenvalue weighted by Crippen LogP contribution is -2.35. The van der Waals surface area contributed by atoms with Crippen LogP contribution in [0.4, 0.5) is 22.0 Å². The van der Waals surface area contributed by atoms with Crippen molar-refractivity contribution in [2.45, 2.75) is 12.7 Å². The number of rotatable bonds is 2. The summed E-state index contributed by atoms with van der Waals surface area (Å²) in [6.07, 6.45) is -3.76. The van der Waals surface area contributed by atoms with Crippen LogP contribution in [0.5, 0.6) is 0 Å². The average Bonchev–Trinajstić information content (AvgIpc) is 3.09. The molecule has 3 aromatic rings. The summed E-state index contributed by atoms with van der Waals surface area (Å²) >= 11 is 0. The van der Waals surface area contributed by atoms with Crippen LogP contribution in [0.25, 0.3) is 22.8 Å². The smallest absolute Gasteiger partial charge is 0.349 e. The van der Waals surface area contributed by atoms with Crippen LogP contribution in [0, 0.1) is 11.6 Å². The molecule has 3 heterocycles. The van der Waals surface area contributed by atoms with Gasteiger partial charge in [0, 0.05) is 18.3 Å². The van der Waals surface area contributed by atoms with Crippen molar-refractivity contribution in [1.29, 1.82) is 0 Å². The van der Waals surface area contributed by atoms with E-state index in [4.69, 9.17) is 0 Å². The van der Waals surface area contributed by atoms with Crippen LogP contribution in [0.2, 0.25) is 0 Å². The third-order valence-electron chi connectivity index (χ3n) is 4.15. The lowest BCUT2D eigenvalue weighted by Gasteiger charge is -2.13. The van der Waals surface area contributed by atoms with Crippen LogP contribution < -0.4 is 5.32 Å². The average molecular weight is 395 g/mol. The van der Waals surface area contributed by atoms with E-state index in [1.807, 2.05) is 0 Å². The Bertz CT molecular complexity index is 1090. The van der Waals surface area contributed by atoms with Crippen molar-refractivity contribution < 1.29 is 26.7 Å². The lowest BCUT2D eigenvalue weighted by molar-refractivity contribution is -0.137. The first-order valence-corrected chi connectivity index (χ1v) is 8.00. The Morgan fingerprint density at radius 1 is 1.07 bits per heavy atom. The number of halogens is 5. The molecule has 1 amide bonds. The largest absolute Gasteiger partial charge is 0.417 e. The molecule has 1 aliphatic heterocycles. The first kappa shape index (κ1) is 18.0. The molecular formula is C17H10F5N5O. The fourth-order valence-corrected chi connectivity index (χ4v) is 2.86. The van der Waals surface area contributed by atoms with Gasteiger partial charge in [-0.1, -0.05) is 0 Å². The number of carbonyl (C=O) groups is 1. The van der Waals surface area contributed by atoms with E-state index < -0.39 is 34.8 Å². The molecule has 0 aliphatic carbocycles. The minimum atomic E-state index is -4.94. The molecule has 144 valence electrons. The van der Waals surface area contributed by atoms with Gasteiger partial charge in [-0.25, -0.2) is 18.7 Å². The summed E-state index contributed by atoms with van der Waals surface area (Å²) in [5.74, 6) is -3.86. The Labute approximate surface area is 154 Å². The highest BCUT2D eigenvalue weighted by Crippen LogP contribution is 2.37. The van der Waals surface area contributed by atoms with Gasteiger partial charge in [0.1, 0.15) is 11.4 Å². The van der Waals surface area contributed by atoms with Crippen molar-refractivity contribution >= 4 is 5.91 Å².